The predicted octanol–water partition coefficient (Wildman–Crippen LogP) is 1.97. The number of hydrogen-bond donors (Lipinski definition) is 2. The molecule has 7 heteroatoms. The SMILES string of the molecule is O=C(Cc1c(F)cccc1F)NC1(C(=O)O)CCSCC1. The smallest absolute Gasteiger partial charge is 0.329 e. The van der Waals surface area contributed by atoms with Crippen LogP contribution in [-0.4, -0.2) is 34.0 Å². The summed E-state index contributed by atoms with van der Waals surface area (Å²) in [4.78, 5) is 23.4. The molecule has 0 saturated carbocycles. The van der Waals surface area contributed by atoms with Gasteiger partial charge in [-0.25, -0.2) is 13.6 Å². The van der Waals surface area contributed by atoms with Gasteiger partial charge in [0.2, 0.25) is 5.91 Å². The van der Waals surface area contributed by atoms with Crippen LogP contribution in [0.5, 0.6) is 0 Å². The number of thioether (sulfide) groups is 1. The van der Waals surface area contributed by atoms with Gasteiger partial charge in [-0.05, 0) is 36.5 Å². The molecular formula is C14H15F2NO3S. The number of hydrogen-bond acceptors (Lipinski definition) is 3. The molecule has 1 saturated heterocycles. The van der Waals surface area contributed by atoms with Crippen molar-refractivity contribution in [2.45, 2.75) is 24.8 Å². The van der Waals surface area contributed by atoms with Crippen molar-refractivity contribution in [3.8, 4) is 0 Å². The first-order valence-corrected chi connectivity index (χ1v) is 7.65. The zero-order valence-corrected chi connectivity index (χ0v) is 12.0. The first kappa shape index (κ1) is 15.8. The predicted molar refractivity (Wildman–Crippen MR) is 75.1 cm³/mol. The van der Waals surface area contributed by atoms with Gasteiger partial charge in [-0.3, -0.25) is 4.79 Å². The molecule has 1 amide bonds. The first-order valence-electron chi connectivity index (χ1n) is 6.50. The molecule has 1 fully saturated rings. The van der Waals surface area contributed by atoms with Gasteiger partial charge in [0.1, 0.15) is 17.2 Å². The number of benzene rings is 1. The van der Waals surface area contributed by atoms with Crippen LogP contribution in [0.15, 0.2) is 18.2 Å². The highest BCUT2D eigenvalue weighted by atomic mass is 32.2. The van der Waals surface area contributed by atoms with E-state index in [1.807, 2.05) is 0 Å². The Morgan fingerprint density at radius 3 is 2.33 bits per heavy atom. The van der Waals surface area contributed by atoms with Crippen molar-refractivity contribution in [1.82, 2.24) is 5.32 Å². The van der Waals surface area contributed by atoms with E-state index in [1.54, 1.807) is 11.8 Å². The number of aliphatic carboxylic acids is 1. The second-order valence-electron chi connectivity index (χ2n) is 4.92. The molecule has 0 aromatic heterocycles. The highest BCUT2D eigenvalue weighted by Gasteiger charge is 2.41. The van der Waals surface area contributed by atoms with Crippen LogP contribution in [-0.2, 0) is 16.0 Å². The molecule has 1 aromatic rings. The first-order chi connectivity index (χ1) is 9.94. The van der Waals surface area contributed by atoms with Crippen molar-refractivity contribution in [3.05, 3.63) is 35.4 Å². The molecule has 2 N–H and O–H groups in total. The number of amides is 1. The molecule has 1 aliphatic rings. The number of halogens is 2. The average molecular weight is 315 g/mol. The van der Waals surface area contributed by atoms with Crippen LogP contribution in [0.2, 0.25) is 0 Å². The Hall–Kier alpha value is -1.63. The van der Waals surface area contributed by atoms with Crippen LogP contribution in [0.3, 0.4) is 0 Å². The number of rotatable bonds is 4. The van der Waals surface area contributed by atoms with Gasteiger partial charge < -0.3 is 10.4 Å². The minimum atomic E-state index is -1.33. The molecule has 21 heavy (non-hydrogen) atoms. The van der Waals surface area contributed by atoms with Crippen LogP contribution in [0, 0.1) is 11.6 Å². The van der Waals surface area contributed by atoms with Gasteiger partial charge in [0.15, 0.2) is 0 Å². The molecule has 1 aromatic carbocycles. The molecule has 0 radical (unpaired) electrons. The fraction of sp³-hybridized carbons (Fsp3) is 0.429. The summed E-state index contributed by atoms with van der Waals surface area (Å²) in [6, 6.07) is 3.34. The van der Waals surface area contributed by atoms with Gasteiger partial charge in [0.25, 0.3) is 0 Å². The highest BCUT2D eigenvalue weighted by Crippen LogP contribution is 2.27. The van der Waals surface area contributed by atoms with Gasteiger partial charge in [-0.15, -0.1) is 0 Å². The number of nitrogens with one attached hydrogen (secondary N) is 1. The summed E-state index contributed by atoms with van der Waals surface area (Å²) in [5.41, 5.74) is -1.68. The van der Waals surface area contributed by atoms with Crippen LogP contribution >= 0.6 is 11.8 Å². The zero-order valence-electron chi connectivity index (χ0n) is 11.2. The van der Waals surface area contributed by atoms with Crippen LogP contribution in [0.4, 0.5) is 8.78 Å². The molecule has 4 nitrogen and oxygen atoms in total. The topological polar surface area (TPSA) is 66.4 Å². The van der Waals surface area contributed by atoms with E-state index in [0.717, 1.165) is 12.1 Å². The van der Waals surface area contributed by atoms with Crippen molar-refractivity contribution >= 4 is 23.6 Å². The summed E-state index contributed by atoms with van der Waals surface area (Å²) in [6.07, 6.45) is 0.0949. The third kappa shape index (κ3) is 3.53. The van der Waals surface area contributed by atoms with E-state index in [-0.39, 0.29) is 5.56 Å². The van der Waals surface area contributed by atoms with E-state index < -0.39 is 35.5 Å². The van der Waals surface area contributed by atoms with Gasteiger partial charge in [-0.2, -0.15) is 11.8 Å². The summed E-state index contributed by atoms with van der Waals surface area (Å²) in [6.45, 7) is 0. The van der Waals surface area contributed by atoms with Gasteiger partial charge in [0.05, 0.1) is 6.42 Å². The Morgan fingerprint density at radius 2 is 1.81 bits per heavy atom. The van der Waals surface area contributed by atoms with E-state index in [9.17, 15) is 23.5 Å². The molecule has 0 atom stereocenters. The number of carboxylic acids is 1. The normalized spacial score (nSPS) is 17.2. The lowest BCUT2D eigenvalue weighted by molar-refractivity contribution is -0.148. The number of carbonyl (C=O) groups excluding carboxylic acids is 1. The average Bonchev–Trinajstić information content (AvgIpc) is 2.44. The largest absolute Gasteiger partial charge is 0.480 e. The van der Waals surface area contributed by atoms with E-state index in [4.69, 9.17) is 0 Å². The van der Waals surface area contributed by atoms with Crippen molar-refractivity contribution < 1.29 is 23.5 Å². The van der Waals surface area contributed by atoms with Crippen molar-refractivity contribution in [3.63, 3.8) is 0 Å². The Labute approximate surface area is 124 Å². The minimum absolute atomic E-state index is 0.304. The summed E-state index contributed by atoms with van der Waals surface area (Å²) in [7, 11) is 0. The fourth-order valence-corrected chi connectivity index (χ4v) is 3.47. The summed E-state index contributed by atoms with van der Waals surface area (Å²) >= 11 is 1.62. The van der Waals surface area contributed by atoms with Gasteiger partial charge in [-0.1, -0.05) is 6.07 Å². The lowest BCUT2D eigenvalue weighted by Gasteiger charge is -2.33. The van der Waals surface area contributed by atoms with E-state index in [0.29, 0.717) is 24.3 Å². The van der Waals surface area contributed by atoms with Gasteiger partial charge >= 0.3 is 5.97 Å². The Balaban J connectivity index is 2.11. The van der Waals surface area contributed by atoms with Crippen molar-refractivity contribution in [2.24, 2.45) is 0 Å². The third-order valence-electron chi connectivity index (χ3n) is 3.53. The molecule has 0 unspecified atom stereocenters. The van der Waals surface area contributed by atoms with Gasteiger partial charge in [0, 0.05) is 5.56 Å². The second-order valence-corrected chi connectivity index (χ2v) is 6.15. The van der Waals surface area contributed by atoms with Crippen LogP contribution in [0.1, 0.15) is 18.4 Å². The molecule has 0 bridgehead atoms. The van der Waals surface area contributed by atoms with E-state index >= 15 is 0 Å². The van der Waals surface area contributed by atoms with Crippen molar-refractivity contribution in [1.29, 1.82) is 0 Å². The van der Waals surface area contributed by atoms with Crippen LogP contribution < -0.4 is 5.32 Å². The maximum atomic E-state index is 13.5. The molecule has 2 rings (SSSR count). The third-order valence-corrected chi connectivity index (χ3v) is 4.52. The molecular weight excluding hydrogens is 300 g/mol. The second kappa shape index (κ2) is 6.43. The zero-order chi connectivity index (χ0) is 15.5. The van der Waals surface area contributed by atoms with E-state index in [2.05, 4.69) is 5.32 Å². The van der Waals surface area contributed by atoms with Crippen LogP contribution in [0.25, 0.3) is 0 Å². The quantitative estimate of drug-likeness (QED) is 0.891. The lowest BCUT2D eigenvalue weighted by atomic mass is 9.92. The lowest BCUT2D eigenvalue weighted by Crippen LogP contribution is -2.56. The maximum absolute atomic E-state index is 13.5. The van der Waals surface area contributed by atoms with Crippen molar-refractivity contribution in [2.75, 3.05) is 11.5 Å². The minimum Gasteiger partial charge on any atom is -0.480 e. The number of carboxylic acid groups (broad SMARTS) is 1. The summed E-state index contributed by atoms with van der Waals surface area (Å²) < 4.78 is 27.0. The Kier molecular flexibility index (Phi) is 4.82. The molecule has 0 spiro atoms. The fourth-order valence-electron chi connectivity index (χ4n) is 2.29. The summed E-state index contributed by atoms with van der Waals surface area (Å²) in [5.74, 6) is -2.16. The molecule has 1 aliphatic heterocycles. The Morgan fingerprint density at radius 1 is 1.24 bits per heavy atom. The Bertz CT molecular complexity index is 539. The maximum Gasteiger partial charge on any atom is 0.329 e. The molecule has 114 valence electrons. The monoisotopic (exact) mass is 315 g/mol. The summed E-state index contributed by atoms with van der Waals surface area (Å²) in [5, 5.41) is 11.8. The standard InChI is InChI=1S/C14H15F2NO3S/c15-10-2-1-3-11(16)9(10)8-12(18)17-14(13(19)20)4-6-21-7-5-14/h1-3H,4-8H2,(H,17,18)(H,19,20). The number of carbonyl (C=O) groups is 2. The highest BCUT2D eigenvalue weighted by molar-refractivity contribution is 7.99. The van der Waals surface area contributed by atoms with E-state index in [1.165, 1.54) is 6.07 Å². The molecule has 1 heterocycles. The molecule has 0 aliphatic carbocycles.